The average Bonchev–Trinajstić information content (AvgIpc) is 2.57. The highest BCUT2D eigenvalue weighted by Gasteiger charge is 2.44. The van der Waals surface area contributed by atoms with Crippen molar-refractivity contribution >= 4 is 14.0 Å². The molecule has 0 radical (unpaired) electrons. The van der Waals surface area contributed by atoms with Crippen molar-refractivity contribution in [3.8, 4) is 0 Å². The van der Waals surface area contributed by atoms with Gasteiger partial charge in [-0.1, -0.05) is 48.5 Å². The van der Waals surface area contributed by atoms with Crippen molar-refractivity contribution in [2.24, 2.45) is 0 Å². The fraction of sp³-hybridized carbons (Fsp3) is 0.400. The lowest BCUT2D eigenvalue weighted by Gasteiger charge is -2.30. The second-order valence-corrected chi connectivity index (χ2v) is 8.28. The Morgan fingerprint density at radius 2 is 1.33 bits per heavy atom. The largest absolute Gasteiger partial charge is 0.537 e. The molecule has 0 atom stereocenters. The van der Waals surface area contributed by atoms with Crippen LogP contribution < -0.4 is 5.19 Å². The van der Waals surface area contributed by atoms with Crippen LogP contribution in [0.2, 0.25) is 0 Å². The van der Waals surface area contributed by atoms with Gasteiger partial charge in [-0.15, -0.1) is 0 Å². The van der Waals surface area contributed by atoms with Crippen molar-refractivity contribution in [3.63, 3.8) is 0 Å². The third-order valence-corrected chi connectivity index (χ3v) is 7.21. The zero-order valence-electron chi connectivity index (χ0n) is 15.2. The van der Waals surface area contributed by atoms with E-state index in [4.69, 9.17) is 13.3 Å². The van der Waals surface area contributed by atoms with Gasteiger partial charge in [0.1, 0.15) is 0 Å². The van der Waals surface area contributed by atoms with Crippen LogP contribution in [0, 0.1) is 13.8 Å². The van der Waals surface area contributed by atoms with E-state index in [0.29, 0.717) is 19.8 Å². The lowest BCUT2D eigenvalue weighted by atomic mass is 10.1. The Hall–Kier alpha value is -1.46. The molecule has 4 heteroatoms. The summed E-state index contributed by atoms with van der Waals surface area (Å²) in [4.78, 5) is 0. The molecule has 0 aliphatic rings. The Labute approximate surface area is 146 Å². The van der Waals surface area contributed by atoms with Crippen molar-refractivity contribution < 1.29 is 13.3 Å². The summed E-state index contributed by atoms with van der Waals surface area (Å²) in [6, 6.07) is 16.6. The summed E-state index contributed by atoms with van der Waals surface area (Å²) in [5.41, 5.74) is 3.75. The lowest BCUT2D eigenvalue weighted by Crippen LogP contribution is -2.58. The zero-order valence-corrected chi connectivity index (χ0v) is 16.2. The van der Waals surface area contributed by atoms with Gasteiger partial charge in [0.05, 0.1) is 0 Å². The Morgan fingerprint density at radius 3 is 1.92 bits per heavy atom. The van der Waals surface area contributed by atoms with E-state index in [1.807, 2.05) is 26.0 Å². The maximum absolute atomic E-state index is 6.33. The summed E-state index contributed by atoms with van der Waals surface area (Å²) >= 11 is 0. The molecule has 2 aromatic carbocycles. The lowest BCUT2D eigenvalue weighted by molar-refractivity contribution is 0.0822. The number of rotatable bonds is 9. The number of hydrogen-bond acceptors (Lipinski definition) is 3. The highest BCUT2D eigenvalue weighted by molar-refractivity contribution is 6.75. The topological polar surface area (TPSA) is 27.7 Å². The SMILES string of the molecule is CCO[Si](OCC)(OCCc1ccccc1C)c1ccccc1C. The Balaban J connectivity index is 2.20. The van der Waals surface area contributed by atoms with Gasteiger partial charge in [0, 0.05) is 25.0 Å². The van der Waals surface area contributed by atoms with Gasteiger partial charge in [-0.05, 0) is 50.8 Å². The Bertz CT molecular complexity index is 636. The summed E-state index contributed by atoms with van der Waals surface area (Å²) in [6.07, 6.45) is 0.855. The maximum atomic E-state index is 6.33. The van der Waals surface area contributed by atoms with E-state index in [1.165, 1.54) is 11.1 Å². The molecule has 0 saturated carbocycles. The van der Waals surface area contributed by atoms with Crippen molar-refractivity contribution in [2.45, 2.75) is 34.1 Å². The van der Waals surface area contributed by atoms with E-state index in [1.54, 1.807) is 0 Å². The van der Waals surface area contributed by atoms with Gasteiger partial charge in [-0.2, -0.15) is 0 Å². The molecular weight excluding hydrogens is 316 g/mol. The predicted octanol–water partition coefficient (Wildman–Crippen LogP) is 3.78. The Kier molecular flexibility index (Phi) is 7.18. The van der Waals surface area contributed by atoms with Crippen LogP contribution in [0.3, 0.4) is 0 Å². The van der Waals surface area contributed by atoms with Crippen LogP contribution >= 0.6 is 0 Å². The van der Waals surface area contributed by atoms with Gasteiger partial charge in [0.15, 0.2) is 0 Å². The molecule has 2 aromatic rings. The zero-order chi connectivity index (χ0) is 17.4. The molecule has 0 aromatic heterocycles. The van der Waals surface area contributed by atoms with Gasteiger partial charge in [-0.3, -0.25) is 0 Å². The highest BCUT2D eigenvalue weighted by Crippen LogP contribution is 2.15. The van der Waals surface area contributed by atoms with Crippen molar-refractivity contribution in [3.05, 3.63) is 65.2 Å². The monoisotopic (exact) mass is 344 g/mol. The molecule has 0 aliphatic heterocycles. The van der Waals surface area contributed by atoms with E-state index in [9.17, 15) is 0 Å². The Morgan fingerprint density at radius 1 is 0.750 bits per heavy atom. The molecule has 0 unspecified atom stereocenters. The van der Waals surface area contributed by atoms with Crippen LogP contribution in [-0.2, 0) is 19.7 Å². The minimum atomic E-state index is -2.89. The summed E-state index contributed by atoms with van der Waals surface area (Å²) in [7, 11) is -2.89. The first-order valence-electron chi connectivity index (χ1n) is 8.65. The standard InChI is InChI=1S/C20H28O3Si/c1-5-21-24(22-6-2,20-14-10-8-12-18(20)4)23-16-15-19-13-9-7-11-17(19)3/h7-14H,5-6,15-16H2,1-4H3. The van der Waals surface area contributed by atoms with E-state index in [0.717, 1.165) is 17.2 Å². The van der Waals surface area contributed by atoms with Crippen LogP contribution in [-0.4, -0.2) is 28.6 Å². The second-order valence-electron chi connectivity index (χ2n) is 5.76. The van der Waals surface area contributed by atoms with Crippen LogP contribution in [0.4, 0.5) is 0 Å². The number of benzene rings is 2. The molecular formula is C20H28O3Si. The minimum Gasteiger partial charge on any atom is -0.370 e. The molecule has 0 bridgehead atoms. The highest BCUT2D eigenvalue weighted by atomic mass is 28.4. The summed E-state index contributed by atoms with van der Waals surface area (Å²) < 4.78 is 18.5. The molecule has 0 fully saturated rings. The predicted molar refractivity (Wildman–Crippen MR) is 101 cm³/mol. The summed E-state index contributed by atoms with van der Waals surface area (Å²) in [6.45, 7) is 9.93. The normalized spacial score (nSPS) is 11.7. The van der Waals surface area contributed by atoms with Gasteiger partial charge in [-0.25, -0.2) is 0 Å². The van der Waals surface area contributed by atoms with Gasteiger partial charge in [0.2, 0.25) is 0 Å². The quantitative estimate of drug-likeness (QED) is 0.648. The first kappa shape index (κ1) is 18.9. The first-order chi connectivity index (χ1) is 11.6. The van der Waals surface area contributed by atoms with Crippen molar-refractivity contribution in [1.29, 1.82) is 0 Å². The molecule has 0 heterocycles. The third-order valence-electron chi connectivity index (χ3n) is 4.07. The van der Waals surface area contributed by atoms with E-state index in [-0.39, 0.29) is 0 Å². The van der Waals surface area contributed by atoms with E-state index < -0.39 is 8.80 Å². The van der Waals surface area contributed by atoms with Gasteiger partial charge in [0.25, 0.3) is 0 Å². The van der Waals surface area contributed by atoms with Crippen LogP contribution in [0.1, 0.15) is 30.5 Å². The van der Waals surface area contributed by atoms with Crippen LogP contribution in [0.15, 0.2) is 48.5 Å². The molecule has 0 aliphatic carbocycles. The average molecular weight is 345 g/mol. The van der Waals surface area contributed by atoms with Gasteiger partial charge < -0.3 is 13.3 Å². The molecule has 3 nitrogen and oxygen atoms in total. The molecule has 2 rings (SSSR count). The second kappa shape index (κ2) is 9.13. The fourth-order valence-corrected chi connectivity index (χ4v) is 5.55. The summed E-state index contributed by atoms with van der Waals surface area (Å²) in [5, 5.41) is 1.07. The number of aryl methyl sites for hydroxylation is 2. The van der Waals surface area contributed by atoms with Crippen LogP contribution in [0.5, 0.6) is 0 Å². The smallest absolute Gasteiger partial charge is 0.370 e. The minimum absolute atomic E-state index is 0.574. The summed E-state index contributed by atoms with van der Waals surface area (Å²) in [5.74, 6) is 0. The van der Waals surface area contributed by atoms with Gasteiger partial charge >= 0.3 is 8.80 Å². The maximum Gasteiger partial charge on any atom is 0.537 e. The number of hydrogen-bond donors (Lipinski definition) is 0. The molecule has 0 amide bonds. The molecule has 130 valence electrons. The van der Waals surface area contributed by atoms with Crippen LogP contribution in [0.25, 0.3) is 0 Å². The van der Waals surface area contributed by atoms with Crippen molar-refractivity contribution in [1.82, 2.24) is 0 Å². The van der Waals surface area contributed by atoms with Crippen molar-refractivity contribution in [2.75, 3.05) is 19.8 Å². The first-order valence-corrected chi connectivity index (χ1v) is 10.4. The van der Waals surface area contributed by atoms with E-state index in [2.05, 4.69) is 50.2 Å². The molecule has 24 heavy (non-hydrogen) atoms. The van der Waals surface area contributed by atoms with E-state index >= 15 is 0 Å². The molecule has 0 saturated heterocycles. The molecule has 0 N–H and O–H groups in total. The fourth-order valence-electron chi connectivity index (χ4n) is 2.84. The third kappa shape index (κ3) is 4.54. The molecule has 0 spiro atoms.